The number of carbonyl (C=O) groups excluding carboxylic acids is 1. The molecule has 1 aromatic rings. The molecule has 0 N–H and O–H groups in total. The largest absolute Gasteiger partial charge is 0.465 e. The van der Waals surface area contributed by atoms with Crippen molar-refractivity contribution in [2.75, 3.05) is 0 Å². The van der Waals surface area contributed by atoms with E-state index in [0.29, 0.717) is 0 Å². The van der Waals surface area contributed by atoms with Crippen molar-refractivity contribution < 1.29 is 13.9 Å². The van der Waals surface area contributed by atoms with E-state index in [-0.39, 0.29) is 38.7 Å². The number of aryl methyl sites for hydroxylation is 1. The molecule has 4 nitrogen and oxygen atoms in total. The first-order valence-corrected chi connectivity index (χ1v) is 6.83. The zero-order chi connectivity index (χ0) is 15.1. The Labute approximate surface area is 126 Å². The lowest BCUT2D eigenvalue weighted by Crippen LogP contribution is -2.18. The Kier molecular flexibility index (Phi) is 3.98. The van der Waals surface area contributed by atoms with Crippen LogP contribution in [0.25, 0.3) is 0 Å². The molecule has 1 heterocycles. The van der Waals surface area contributed by atoms with Gasteiger partial charge < -0.3 is 9.15 Å². The molecule has 20 heavy (non-hydrogen) atoms. The Balaban J connectivity index is 2.19. The van der Waals surface area contributed by atoms with E-state index in [0.717, 1.165) is 0 Å². The molecular weight excluding hydrogens is 303 g/mol. The van der Waals surface area contributed by atoms with E-state index in [1.807, 2.05) is 13.8 Å². The van der Waals surface area contributed by atoms with Crippen molar-refractivity contribution in [3.05, 3.63) is 38.9 Å². The molecule has 2 unspecified atom stereocenters. The summed E-state index contributed by atoms with van der Waals surface area (Å²) >= 11 is 11.3. The monoisotopic (exact) mass is 316 g/mol. The van der Waals surface area contributed by atoms with Crippen LogP contribution in [0, 0.1) is 24.2 Å². The second-order valence-electron chi connectivity index (χ2n) is 5.37. The van der Waals surface area contributed by atoms with Crippen LogP contribution in [0.15, 0.2) is 32.1 Å². The molecular formula is C14H14Cl2O4. The molecule has 0 amide bonds. The molecule has 0 saturated heterocycles. The molecule has 2 rings (SSSR count). The van der Waals surface area contributed by atoms with Gasteiger partial charge in [-0.25, -0.2) is 0 Å². The van der Waals surface area contributed by atoms with Gasteiger partial charge in [-0.15, -0.1) is 0 Å². The highest BCUT2D eigenvalue weighted by Gasteiger charge is 2.61. The summed E-state index contributed by atoms with van der Waals surface area (Å²) in [6.45, 7) is 5.39. The van der Waals surface area contributed by atoms with Gasteiger partial charge in [0, 0.05) is 6.07 Å². The molecule has 1 saturated carbocycles. The molecule has 1 aliphatic rings. The van der Waals surface area contributed by atoms with Crippen molar-refractivity contribution in [2.45, 2.75) is 20.8 Å². The minimum Gasteiger partial charge on any atom is -0.465 e. The van der Waals surface area contributed by atoms with Crippen LogP contribution in [0.5, 0.6) is 5.75 Å². The van der Waals surface area contributed by atoms with Gasteiger partial charge in [-0.2, -0.15) is 0 Å². The van der Waals surface area contributed by atoms with Gasteiger partial charge in [0.1, 0.15) is 10.3 Å². The highest BCUT2D eigenvalue weighted by Crippen LogP contribution is 2.60. The SMILES string of the molecule is Cc1occc(=O)c1OC(=O)C1C(C=C(Cl)Cl)C1(C)C. The number of carbonyl (C=O) groups is 1. The third kappa shape index (κ3) is 2.76. The summed E-state index contributed by atoms with van der Waals surface area (Å²) in [6.07, 6.45) is 2.88. The number of halogens is 2. The third-order valence-electron chi connectivity index (χ3n) is 3.68. The van der Waals surface area contributed by atoms with Gasteiger partial charge in [0.2, 0.25) is 11.2 Å². The predicted octanol–water partition coefficient (Wildman–Crippen LogP) is 3.44. The van der Waals surface area contributed by atoms with Crippen LogP contribution in [0.4, 0.5) is 0 Å². The number of rotatable bonds is 3. The molecule has 0 spiro atoms. The molecule has 1 aliphatic carbocycles. The fourth-order valence-corrected chi connectivity index (χ4v) is 2.63. The van der Waals surface area contributed by atoms with E-state index in [2.05, 4.69) is 0 Å². The predicted molar refractivity (Wildman–Crippen MR) is 75.9 cm³/mol. The summed E-state index contributed by atoms with van der Waals surface area (Å²) in [6, 6.07) is 1.21. The fraction of sp³-hybridized carbons (Fsp3) is 0.429. The van der Waals surface area contributed by atoms with E-state index in [9.17, 15) is 9.59 Å². The maximum absolute atomic E-state index is 12.2. The summed E-state index contributed by atoms with van der Waals surface area (Å²) in [4.78, 5) is 23.8. The minimum atomic E-state index is -0.479. The Hall–Kier alpha value is -1.26. The van der Waals surface area contributed by atoms with Crippen LogP contribution in [0.1, 0.15) is 19.6 Å². The maximum atomic E-state index is 12.2. The van der Waals surface area contributed by atoms with Crippen LogP contribution < -0.4 is 10.2 Å². The topological polar surface area (TPSA) is 56.5 Å². The van der Waals surface area contributed by atoms with Gasteiger partial charge in [-0.05, 0) is 24.3 Å². The quantitative estimate of drug-likeness (QED) is 0.801. The van der Waals surface area contributed by atoms with Gasteiger partial charge in [-0.3, -0.25) is 9.59 Å². The van der Waals surface area contributed by atoms with Crippen molar-refractivity contribution in [3.8, 4) is 5.75 Å². The normalized spacial score (nSPS) is 23.1. The van der Waals surface area contributed by atoms with Gasteiger partial charge in [0.15, 0.2) is 0 Å². The van der Waals surface area contributed by atoms with Crippen molar-refractivity contribution >= 4 is 29.2 Å². The highest BCUT2D eigenvalue weighted by atomic mass is 35.5. The lowest BCUT2D eigenvalue weighted by molar-refractivity contribution is -0.137. The first kappa shape index (κ1) is 15.1. The van der Waals surface area contributed by atoms with Crippen LogP contribution in [-0.4, -0.2) is 5.97 Å². The molecule has 2 atom stereocenters. The van der Waals surface area contributed by atoms with Crippen molar-refractivity contribution in [2.24, 2.45) is 17.3 Å². The van der Waals surface area contributed by atoms with Gasteiger partial charge in [0.05, 0.1) is 12.2 Å². The summed E-state index contributed by atoms with van der Waals surface area (Å²) in [5.41, 5.74) is -0.683. The summed E-state index contributed by atoms with van der Waals surface area (Å²) in [5.74, 6) is -0.760. The summed E-state index contributed by atoms with van der Waals surface area (Å²) in [7, 11) is 0. The van der Waals surface area contributed by atoms with E-state index in [1.54, 1.807) is 13.0 Å². The van der Waals surface area contributed by atoms with Crippen molar-refractivity contribution in [1.29, 1.82) is 0 Å². The molecule has 1 aromatic heterocycles. The molecule has 0 bridgehead atoms. The van der Waals surface area contributed by atoms with Crippen LogP contribution in [-0.2, 0) is 4.79 Å². The minimum absolute atomic E-state index is 0.0695. The lowest BCUT2D eigenvalue weighted by atomic mass is 10.1. The maximum Gasteiger partial charge on any atom is 0.315 e. The second-order valence-corrected chi connectivity index (χ2v) is 6.38. The Morgan fingerprint density at radius 2 is 2.10 bits per heavy atom. The fourth-order valence-electron chi connectivity index (χ4n) is 2.36. The molecule has 6 heteroatoms. The van der Waals surface area contributed by atoms with Crippen LogP contribution >= 0.6 is 23.2 Å². The van der Waals surface area contributed by atoms with Crippen molar-refractivity contribution in [1.82, 2.24) is 0 Å². The standard InChI is InChI=1S/C14H14Cl2O4/c1-7-12(9(17)4-5-19-7)20-13(18)11-8(6-10(15)16)14(11,2)3/h4-6,8,11H,1-3H3. The smallest absolute Gasteiger partial charge is 0.315 e. The van der Waals surface area contributed by atoms with E-state index in [1.165, 1.54) is 12.3 Å². The average molecular weight is 317 g/mol. The Morgan fingerprint density at radius 1 is 1.45 bits per heavy atom. The highest BCUT2D eigenvalue weighted by molar-refractivity contribution is 6.55. The third-order valence-corrected chi connectivity index (χ3v) is 3.93. The number of esters is 1. The molecule has 0 radical (unpaired) electrons. The van der Waals surface area contributed by atoms with Gasteiger partial charge >= 0.3 is 5.97 Å². The zero-order valence-electron chi connectivity index (χ0n) is 11.3. The van der Waals surface area contributed by atoms with E-state index in [4.69, 9.17) is 32.4 Å². The zero-order valence-corrected chi connectivity index (χ0v) is 12.8. The second kappa shape index (κ2) is 5.26. The summed E-state index contributed by atoms with van der Waals surface area (Å²) in [5, 5.41) is 0. The number of ether oxygens (including phenoxy) is 1. The van der Waals surface area contributed by atoms with E-state index < -0.39 is 5.97 Å². The Morgan fingerprint density at radius 3 is 2.65 bits per heavy atom. The van der Waals surface area contributed by atoms with E-state index >= 15 is 0 Å². The Bertz CT molecular complexity index is 626. The van der Waals surface area contributed by atoms with Crippen LogP contribution in [0.2, 0.25) is 0 Å². The first-order valence-electron chi connectivity index (χ1n) is 6.08. The van der Waals surface area contributed by atoms with Gasteiger partial charge in [0.25, 0.3) is 0 Å². The molecule has 0 aromatic carbocycles. The molecule has 108 valence electrons. The average Bonchev–Trinajstić information content (AvgIpc) is 2.84. The molecule has 0 aliphatic heterocycles. The number of allylic oxidation sites excluding steroid dienone is 1. The molecule has 1 fully saturated rings. The van der Waals surface area contributed by atoms with Crippen LogP contribution in [0.3, 0.4) is 0 Å². The first-order chi connectivity index (χ1) is 9.25. The van der Waals surface area contributed by atoms with Crippen molar-refractivity contribution in [3.63, 3.8) is 0 Å². The lowest BCUT2D eigenvalue weighted by Gasteiger charge is -2.05. The number of hydrogen-bond acceptors (Lipinski definition) is 4. The van der Waals surface area contributed by atoms with Gasteiger partial charge in [-0.1, -0.05) is 37.0 Å². The number of hydrogen-bond donors (Lipinski definition) is 0. The summed E-state index contributed by atoms with van der Waals surface area (Å²) < 4.78 is 10.4.